The molecule has 0 saturated carbocycles. The number of Topliss-reactive ketones (excluding diaryl/α,β-unsaturated/α-hetero) is 1. The van der Waals surface area contributed by atoms with E-state index < -0.39 is 15.4 Å². The SMILES string of the molecule is CCCCC#CC(OCC1=C(c2ccccc2)C(=O)c2ccccc2S1(=O)=O)(c1ccccc1)c1ccccc1. The first-order valence-corrected chi connectivity index (χ1v) is 14.9. The van der Waals surface area contributed by atoms with Crippen molar-refractivity contribution in [3.63, 3.8) is 0 Å². The zero-order valence-electron chi connectivity index (χ0n) is 22.3. The maximum atomic E-state index is 14.1. The predicted octanol–water partition coefficient (Wildman–Crippen LogP) is 7.22. The molecule has 0 spiro atoms. The van der Waals surface area contributed by atoms with Gasteiger partial charge in [-0.25, -0.2) is 8.42 Å². The summed E-state index contributed by atoms with van der Waals surface area (Å²) in [7, 11) is -4.04. The number of fused-ring (bicyclic) bond motifs is 1. The molecule has 0 aromatic heterocycles. The first kappa shape index (κ1) is 27.3. The van der Waals surface area contributed by atoms with Gasteiger partial charge in [0.05, 0.1) is 16.4 Å². The molecule has 0 fully saturated rings. The fourth-order valence-electron chi connectivity index (χ4n) is 4.95. The van der Waals surface area contributed by atoms with Crippen molar-refractivity contribution in [2.45, 2.75) is 36.7 Å². The normalized spacial score (nSPS) is 14.3. The van der Waals surface area contributed by atoms with Crippen LogP contribution in [0.4, 0.5) is 0 Å². The fourth-order valence-corrected chi connectivity index (χ4v) is 6.62. The Morgan fingerprint density at radius 1 is 0.750 bits per heavy atom. The molecule has 1 aliphatic rings. The van der Waals surface area contributed by atoms with Crippen molar-refractivity contribution in [3.8, 4) is 11.8 Å². The zero-order valence-corrected chi connectivity index (χ0v) is 23.2. The zero-order chi connectivity index (χ0) is 28.0. The van der Waals surface area contributed by atoms with Crippen LogP contribution in [0.15, 0.2) is 125 Å². The van der Waals surface area contributed by atoms with Crippen LogP contribution in [0.25, 0.3) is 5.57 Å². The van der Waals surface area contributed by atoms with Crippen LogP contribution in [0.5, 0.6) is 0 Å². The van der Waals surface area contributed by atoms with Crippen LogP contribution in [-0.4, -0.2) is 20.8 Å². The van der Waals surface area contributed by atoms with Crippen molar-refractivity contribution < 1.29 is 17.9 Å². The molecule has 1 heterocycles. The maximum Gasteiger partial charge on any atom is 0.206 e. The summed E-state index contributed by atoms with van der Waals surface area (Å²) < 4.78 is 34.9. The van der Waals surface area contributed by atoms with E-state index in [0.29, 0.717) is 12.0 Å². The van der Waals surface area contributed by atoms with Crippen LogP contribution in [0.1, 0.15) is 53.2 Å². The predicted molar refractivity (Wildman–Crippen MR) is 158 cm³/mol. The van der Waals surface area contributed by atoms with E-state index in [9.17, 15) is 13.2 Å². The number of hydrogen-bond acceptors (Lipinski definition) is 4. The van der Waals surface area contributed by atoms with Gasteiger partial charge in [-0.05, 0) is 24.1 Å². The van der Waals surface area contributed by atoms with E-state index in [0.717, 1.165) is 24.0 Å². The minimum Gasteiger partial charge on any atom is -0.348 e. The van der Waals surface area contributed by atoms with Crippen LogP contribution in [0.2, 0.25) is 0 Å². The molecular weight excluding hydrogens is 516 g/mol. The molecule has 0 N–H and O–H groups in total. The second kappa shape index (κ2) is 11.9. The molecular formula is C35H30O4S. The van der Waals surface area contributed by atoms with Crippen molar-refractivity contribution in [1.82, 2.24) is 0 Å². The average molecular weight is 547 g/mol. The van der Waals surface area contributed by atoms with Crippen molar-refractivity contribution in [3.05, 3.63) is 142 Å². The molecule has 0 amide bonds. The highest BCUT2D eigenvalue weighted by molar-refractivity contribution is 7.95. The number of benzene rings is 4. The van der Waals surface area contributed by atoms with Gasteiger partial charge in [-0.2, -0.15) is 0 Å². The summed E-state index contributed by atoms with van der Waals surface area (Å²) in [6.07, 6.45) is 2.63. The maximum absolute atomic E-state index is 14.1. The van der Waals surface area contributed by atoms with E-state index in [1.54, 1.807) is 42.5 Å². The van der Waals surface area contributed by atoms with Crippen LogP contribution >= 0.6 is 0 Å². The smallest absolute Gasteiger partial charge is 0.206 e. The molecule has 5 heteroatoms. The Kier molecular flexibility index (Phi) is 8.11. The second-order valence-electron chi connectivity index (χ2n) is 9.60. The molecule has 40 heavy (non-hydrogen) atoms. The molecule has 200 valence electrons. The van der Waals surface area contributed by atoms with Crippen molar-refractivity contribution in [1.29, 1.82) is 0 Å². The molecule has 5 rings (SSSR count). The van der Waals surface area contributed by atoms with Gasteiger partial charge in [0, 0.05) is 28.7 Å². The largest absolute Gasteiger partial charge is 0.348 e. The lowest BCUT2D eigenvalue weighted by molar-refractivity contribution is 0.0446. The minimum atomic E-state index is -4.04. The molecule has 4 aromatic rings. The van der Waals surface area contributed by atoms with Gasteiger partial charge in [0.15, 0.2) is 11.4 Å². The van der Waals surface area contributed by atoms with Crippen LogP contribution in [-0.2, 0) is 20.2 Å². The topological polar surface area (TPSA) is 60.4 Å². The molecule has 0 saturated heterocycles. The van der Waals surface area contributed by atoms with Crippen molar-refractivity contribution in [2.75, 3.05) is 6.61 Å². The molecule has 0 aliphatic carbocycles. The summed E-state index contributed by atoms with van der Waals surface area (Å²) in [6, 6.07) is 34.5. The van der Waals surface area contributed by atoms with E-state index >= 15 is 0 Å². The first-order valence-electron chi connectivity index (χ1n) is 13.4. The summed E-state index contributed by atoms with van der Waals surface area (Å²) in [5.74, 6) is 6.33. The molecule has 0 atom stereocenters. The number of carbonyl (C=O) groups excluding carboxylic acids is 1. The van der Waals surface area contributed by atoms with Gasteiger partial charge in [-0.15, -0.1) is 0 Å². The molecule has 4 aromatic carbocycles. The Hall–Kier alpha value is -4.24. The fraction of sp³-hybridized carbons (Fsp3) is 0.171. The third-order valence-corrected chi connectivity index (χ3v) is 8.92. The highest BCUT2D eigenvalue weighted by Crippen LogP contribution is 2.40. The minimum absolute atomic E-state index is 0.00247. The molecule has 0 unspecified atom stereocenters. The van der Waals surface area contributed by atoms with E-state index in [2.05, 4.69) is 18.8 Å². The molecule has 4 nitrogen and oxygen atoms in total. The third-order valence-electron chi connectivity index (χ3n) is 7.01. The highest BCUT2D eigenvalue weighted by Gasteiger charge is 2.40. The number of rotatable bonds is 8. The molecule has 1 aliphatic heterocycles. The summed E-state index contributed by atoms with van der Waals surface area (Å²) in [6.45, 7) is 1.78. The number of hydrogen-bond donors (Lipinski definition) is 0. The Balaban J connectivity index is 1.70. The van der Waals surface area contributed by atoms with E-state index in [-0.39, 0.29) is 33.3 Å². The van der Waals surface area contributed by atoms with E-state index in [1.807, 2.05) is 66.7 Å². The lowest BCUT2D eigenvalue weighted by Crippen LogP contribution is -2.33. The number of allylic oxidation sites excluding steroid dienone is 1. The van der Waals surface area contributed by atoms with Gasteiger partial charge < -0.3 is 4.74 Å². The average Bonchev–Trinajstić information content (AvgIpc) is 3.00. The summed E-state index contributed by atoms with van der Waals surface area (Å²) in [5.41, 5.74) is 1.15. The van der Waals surface area contributed by atoms with Crippen LogP contribution in [0.3, 0.4) is 0 Å². The highest BCUT2D eigenvalue weighted by atomic mass is 32.2. The third kappa shape index (κ3) is 5.16. The van der Waals surface area contributed by atoms with Gasteiger partial charge in [0.2, 0.25) is 9.84 Å². The summed E-state index contributed by atoms with van der Waals surface area (Å²) in [4.78, 5) is 13.8. The Morgan fingerprint density at radius 3 is 1.90 bits per heavy atom. The first-order chi connectivity index (χ1) is 19.5. The Morgan fingerprint density at radius 2 is 1.30 bits per heavy atom. The number of unbranched alkanes of at least 4 members (excludes halogenated alkanes) is 2. The van der Waals surface area contributed by atoms with E-state index in [4.69, 9.17) is 4.74 Å². The lowest BCUT2D eigenvalue weighted by Gasteiger charge is -2.32. The monoisotopic (exact) mass is 546 g/mol. The van der Waals surface area contributed by atoms with Gasteiger partial charge in [-0.3, -0.25) is 4.79 Å². The van der Waals surface area contributed by atoms with Crippen molar-refractivity contribution >= 4 is 21.2 Å². The van der Waals surface area contributed by atoms with Gasteiger partial charge >= 0.3 is 0 Å². The standard InChI is InChI=1S/C35H30O4S/c1-2-3-4-16-25-35(28-19-10-6-11-20-28,29-21-12-7-13-22-29)39-26-32-33(27-17-8-5-9-18-27)34(36)30-23-14-15-24-31(30)40(32,37)38/h5-15,17-24H,2-4,26H2,1H3. The lowest BCUT2D eigenvalue weighted by atomic mass is 9.86. The van der Waals surface area contributed by atoms with Gasteiger partial charge in [0.25, 0.3) is 0 Å². The summed E-state index contributed by atoms with van der Waals surface area (Å²) in [5, 5.41) is 0. The number of sulfone groups is 1. The van der Waals surface area contributed by atoms with Crippen LogP contribution in [0, 0.1) is 11.8 Å². The number of carbonyl (C=O) groups is 1. The van der Waals surface area contributed by atoms with Gasteiger partial charge in [-0.1, -0.05) is 128 Å². The Labute approximate surface area is 236 Å². The Bertz CT molecular complexity index is 1660. The molecule has 0 radical (unpaired) electrons. The quantitative estimate of drug-likeness (QED) is 0.173. The molecule has 0 bridgehead atoms. The summed E-state index contributed by atoms with van der Waals surface area (Å²) >= 11 is 0. The van der Waals surface area contributed by atoms with Crippen molar-refractivity contribution in [2.24, 2.45) is 0 Å². The van der Waals surface area contributed by atoms with Crippen LogP contribution < -0.4 is 0 Å². The number of ketones is 1. The van der Waals surface area contributed by atoms with E-state index in [1.165, 1.54) is 6.07 Å². The van der Waals surface area contributed by atoms with Gasteiger partial charge in [0.1, 0.15) is 0 Å². The number of ether oxygens (including phenoxy) is 1. The second-order valence-corrected chi connectivity index (χ2v) is 11.5.